The summed E-state index contributed by atoms with van der Waals surface area (Å²) < 4.78 is 11.3. The van der Waals surface area contributed by atoms with Gasteiger partial charge in [-0.25, -0.2) is 0 Å². The SMILES string of the molecule is CNCCC1CCCN1c1ccc2c(c1)OCCO2. The van der Waals surface area contributed by atoms with E-state index in [0.717, 1.165) is 24.6 Å². The van der Waals surface area contributed by atoms with Crippen LogP contribution in [0.1, 0.15) is 19.3 Å². The van der Waals surface area contributed by atoms with Gasteiger partial charge >= 0.3 is 0 Å². The van der Waals surface area contributed by atoms with Crippen LogP contribution < -0.4 is 19.7 Å². The van der Waals surface area contributed by atoms with Gasteiger partial charge in [-0.1, -0.05) is 0 Å². The normalized spacial score (nSPS) is 21.7. The van der Waals surface area contributed by atoms with E-state index in [4.69, 9.17) is 9.47 Å². The third-order valence-corrected chi connectivity index (χ3v) is 3.96. The molecule has 1 aromatic carbocycles. The van der Waals surface area contributed by atoms with Crippen molar-refractivity contribution in [1.29, 1.82) is 0 Å². The minimum atomic E-state index is 0.648. The molecule has 4 heteroatoms. The van der Waals surface area contributed by atoms with Crippen LogP contribution in [0, 0.1) is 0 Å². The average molecular weight is 262 g/mol. The van der Waals surface area contributed by atoms with Crippen LogP contribution in [0.3, 0.4) is 0 Å². The van der Waals surface area contributed by atoms with E-state index in [0.29, 0.717) is 19.3 Å². The molecule has 1 N–H and O–H groups in total. The second-order valence-electron chi connectivity index (χ2n) is 5.21. The van der Waals surface area contributed by atoms with Gasteiger partial charge < -0.3 is 19.7 Å². The molecule has 19 heavy (non-hydrogen) atoms. The highest BCUT2D eigenvalue weighted by molar-refractivity contribution is 5.57. The number of rotatable bonds is 4. The molecular weight excluding hydrogens is 240 g/mol. The van der Waals surface area contributed by atoms with Crippen molar-refractivity contribution in [3.8, 4) is 11.5 Å². The smallest absolute Gasteiger partial charge is 0.163 e. The largest absolute Gasteiger partial charge is 0.486 e. The summed E-state index contributed by atoms with van der Waals surface area (Å²) >= 11 is 0. The molecule has 0 aromatic heterocycles. The van der Waals surface area contributed by atoms with Crippen molar-refractivity contribution in [2.75, 3.05) is 38.3 Å². The zero-order valence-electron chi connectivity index (χ0n) is 11.5. The van der Waals surface area contributed by atoms with Crippen molar-refractivity contribution in [2.24, 2.45) is 0 Å². The van der Waals surface area contributed by atoms with E-state index in [2.05, 4.69) is 22.3 Å². The van der Waals surface area contributed by atoms with Gasteiger partial charge in [-0.3, -0.25) is 0 Å². The van der Waals surface area contributed by atoms with E-state index in [1.807, 2.05) is 13.1 Å². The first-order chi connectivity index (χ1) is 9.38. The summed E-state index contributed by atoms with van der Waals surface area (Å²) in [5, 5.41) is 3.25. The second kappa shape index (κ2) is 5.70. The molecular formula is C15H22N2O2. The van der Waals surface area contributed by atoms with Crippen molar-refractivity contribution in [1.82, 2.24) is 5.32 Å². The van der Waals surface area contributed by atoms with Gasteiger partial charge in [0.2, 0.25) is 0 Å². The number of anilines is 1. The van der Waals surface area contributed by atoms with E-state index in [1.54, 1.807) is 0 Å². The van der Waals surface area contributed by atoms with Gasteiger partial charge in [0.25, 0.3) is 0 Å². The van der Waals surface area contributed by atoms with Gasteiger partial charge in [0.1, 0.15) is 13.2 Å². The Bertz CT molecular complexity index is 436. The molecule has 1 aromatic rings. The lowest BCUT2D eigenvalue weighted by atomic mass is 10.1. The van der Waals surface area contributed by atoms with E-state index in [9.17, 15) is 0 Å². The molecule has 0 amide bonds. The van der Waals surface area contributed by atoms with Gasteiger partial charge in [-0.2, -0.15) is 0 Å². The Hall–Kier alpha value is -1.42. The minimum absolute atomic E-state index is 0.648. The zero-order chi connectivity index (χ0) is 13.1. The summed E-state index contributed by atoms with van der Waals surface area (Å²) in [4.78, 5) is 2.51. The third-order valence-electron chi connectivity index (χ3n) is 3.96. The fourth-order valence-corrected chi connectivity index (χ4v) is 3.00. The molecule has 2 heterocycles. The Labute approximate surface area is 114 Å². The summed E-state index contributed by atoms with van der Waals surface area (Å²) in [7, 11) is 2.02. The van der Waals surface area contributed by atoms with E-state index in [1.165, 1.54) is 24.9 Å². The van der Waals surface area contributed by atoms with Crippen molar-refractivity contribution in [3.05, 3.63) is 18.2 Å². The van der Waals surface area contributed by atoms with Gasteiger partial charge in [-0.05, 0) is 45.0 Å². The highest BCUT2D eigenvalue weighted by atomic mass is 16.6. The molecule has 1 atom stereocenters. The zero-order valence-corrected chi connectivity index (χ0v) is 11.5. The summed E-state index contributed by atoms with van der Waals surface area (Å²) in [5.41, 5.74) is 1.27. The summed E-state index contributed by atoms with van der Waals surface area (Å²) in [6.07, 6.45) is 3.77. The van der Waals surface area contributed by atoms with Gasteiger partial charge in [0, 0.05) is 24.3 Å². The highest BCUT2D eigenvalue weighted by Crippen LogP contribution is 2.36. The number of hydrogen-bond donors (Lipinski definition) is 1. The van der Waals surface area contributed by atoms with Crippen molar-refractivity contribution < 1.29 is 9.47 Å². The number of nitrogens with zero attached hydrogens (tertiary/aromatic N) is 1. The molecule has 0 spiro atoms. The minimum Gasteiger partial charge on any atom is -0.486 e. The van der Waals surface area contributed by atoms with Crippen molar-refractivity contribution in [3.63, 3.8) is 0 Å². The molecule has 1 unspecified atom stereocenters. The van der Waals surface area contributed by atoms with Gasteiger partial charge in [0.15, 0.2) is 11.5 Å². The lowest BCUT2D eigenvalue weighted by molar-refractivity contribution is 0.171. The molecule has 3 rings (SSSR count). The average Bonchev–Trinajstić information content (AvgIpc) is 2.93. The van der Waals surface area contributed by atoms with Crippen LogP contribution in [0.5, 0.6) is 11.5 Å². The molecule has 1 saturated heterocycles. The number of ether oxygens (including phenoxy) is 2. The maximum Gasteiger partial charge on any atom is 0.163 e. The third kappa shape index (κ3) is 2.63. The standard InChI is InChI=1S/C15H22N2O2/c1-16-7-6-12-3-2-8-17(12)13-4-5-14-15(11-13)19-10-9-18-14/h4-5,11-12,16H,2-3,6-10H2,1H3. The van der Waals surface area contributed by atoms with Crippen molar-refractivity contribution >= 4 is 5.69 Å². The molecule has 0 bridgehead atoms. The number of nitrogens with one attached hydrogen (secondary N) is 1. The summed E-state index contributed by atoms with van der Waals surface area (Å²) in [6, 6.07) is 6.98. The monoisotopic (exact) mass is 262 g/mol. The topological polar surface area (TPSA) is 33.7 Å². The molecule has 104 valence electrons. The molecule has 0 radical (unpaired) electrons. The number of benzene rings is 1. The Morgan fingerprint density at radius 3 is 2.95 bits per heavy atom. The fourth-order valence-electron chi connectivity index (χ4n) is 3.00. The van der Waals surface area contributed by atoms with Crippen LogP contribution in [0.4, 0.5) is 5.69 Å². The lowest BCUT2D eigenvalue weighted by Gasteiger charge is -2.28. The molecule has 0 saturated carbocycles. The van der Waals surface area contributed by atoms with E-state index in [-0.39, 0.29) is 0 Å². The maximum atomic E-state index is 5.68. The maximum absolute atomic E-state index is 5.68. The first kappa shape index (κ1) is 12.6. The molecule has 2 aliphatic rings. The molecule has 0 aliphatic carbocycles. The molecule has 1 fully saturated rings. The quantitative estimate of drug-likeness (QED) is 0.900. The van der Waals surface area contributed by atoms with Crippen LogP contribution in [-0.2, 0) is 0 Å². The first-order valence-electron chi connectivity index (χ1n) is 7.19. The Balaban J connectivity index is 1.77. The van der Waals surface area contributed by atoms with Crippen molar-refractivity contribution in [2.45, 2.75) is 25.3 Å². The Kier molecular flexibility index (Phi) is 3.78. The lowest BCUT2D eigenvalue weighted by Crippen LogP contribution is -2.31. The molecule has 4 nitrogen and oxygen atoms in total. The summed E-state index contributed by atoms with van der Waals surface area (Å²) in [6.45, 7) is 3.53. The molecule has 2 aliphatic heterocycles. The van der Waals surface area contributed by atoms with Crippen LogP contribution in [0.25, 0.3) is 0 Å². The Morgan fingerprint density at radius 1 is 1.26 bits per heavy atom. The van der Waals surface area contributed by atoms with Crippen LogP contribution >= 0.6 is 0 Å². The summed E-state index contributed by atoms with van der Waals surface area (Å²) in [5.74, 6) is 1.77. The predicted molar refractivity (Wildman–Crippen MR) is 76.3 cm³/mol. The van der Waals surface area contributed by atoms with Crippen LogP contribution in [0.15, 0.2) is 18.2 Å². The predicted octanol–water partition coefficient (Wildman–Crippen LogP) is 2.04. The first-order valence-corrected chi connectivity index (χ1v) is 7.19. The highest BCUT2D eigenvalue weighted by Gasteiger charge is 2.25. The van der Waals surface area contributed by atoms with Crippen LogP contribution in [0.2, 0.25) is 0 Å². The Morgan fingerprint density at radius 2 is 2.11 bits per heavy atom. The number of hydrogen-bond acceptors (Lipinski definition) is 4. The van der Waals surface area contributed by atoms with Crippen LogP contribution in [-0.4, -0.2) is 39.4 Å². The second-order valence-corrected chi connectivity index (χ2v) is 5.21. The van der Waals surface area contributed by atoms with Gasteiger partial charge in [-0.15, -0.1) is 0 Å². The number of fused-ring (bicyclic) bond motifs is 1. The van der Waals surface area contributed by atoms with E-state index >= 15 is 0 Å². The van der Waals surface area contributed by atoms with Gasteiger partial charge in [0.05, 0.1) is 0 Å². The van der Waals surface area contributed by atoms with E-state index < -0.39 is 0 Å². The fraction of sp³-hybridized carbons (Fsp3) is 0.600.